The Morgan fingerprint density at radius 1 is 1.16 bits per heavy atom. The quantitative estimate of drug-likeness (QED) is 0.778. The number of halogens is 2. The molecule has 0 aliphatic carbocycles. The molecule has 0 heterocycles. The van der Waals surface area contributed by atoms with Gasteiger partial charge in [0.25, 0.3) is 0 Å². The minimum Gasteiger partial charge on any atom is -0.293 e. The number of benzene rings is 1. The molecular formula is C13H16Cl2O3S. The van der Waals surface area contributed by atoms with E-state index in [1.54, 1.807) is 6.92 Å². The van der Waals surface area contributed by atoms with Gasteiger partial charge >= 0.3 is 0 Å². The monoisotopic (exact) mass is 322 g/mol. The van der Waals surface area contributed by atoms with Gasteiger partial charge < -0.3 is 0 Å². The number of ketones is 1. The fourth-order valence-electron chi connectivity index (χ4n) is 1.48. The molecule has 0 N–H and O–H groups in total. The molecule has 0 amide bonds. The van der Waals surface area contributed by atoms with Gasteiger partial charge in [0.2, 0.25) is 0 Å². The largest absolute Gasteiger partial charge is 0.293 e. The maximum atomic E-state index is 12.0. The number of hydrogen-bond donors (Lipinski definition) is 0. The highest BCUT2D eigenvalue weighted by atomic mass is 35.5. The summed E-state index contributed by atoms with van der Waals surface area (Å²) in [5.41, 5.74) is 0.258. The van der Waals surface area contributed by atoms with Crippen LogP contribution in [-0.4, -0.2) is 25.2 Å². The van der Waals surface area contributed by atoms with Gasteiger partial charge in [-0.3, -0.25) is 4.79 Å². The third-order valence-electron chi connectivity index (χ3n) is 3.08. The van der Waals surface area contributed by atoms with Crippen LogP contribution in [0.5, 0.6) is 0 Å². The van der Waals surface area contributed by atoms with Crippen LogP contribution >= 0.6 is 23.2 Å². The third kappa shape index (κ3) is 4.20. The molecular weight excluding hydrogens is 307 g/mol. The normalized spacial score (nSPS) is 13.6. The Balaban J connectivity index is 2.94. The SMILES string of the molecule is CC(C)C(C)S(=O)(=O)CC(=O)c1ccc(Cl)c(Cl)c1. The molecule has 0 aliphatic heterocycles. The molecule has 6 heteroatoms. The number of Topliss-reactive ketones (excluding diaryl/α,β-unsaturated/α-hetero) is 1. The molecule has 1 unspecified atom stereocenters. The summed E-state index contributed by atoms with van der Waals surface area (Å²) in [6, 6.07) is 4.35. The first-order chi connectivity index (χ1) is 8.65. The molecule has 0 saturated heterocycles. The van der Waals surface area contributed by atoms with Crippen molar-refractivity contribution in [3.63, 3.8) is 0 Å². The van der Waals surface area contributed by atoms with E-state index in [0.717, 1.165) is 0 Å². The van der Waals surface area contributed by atoms with Crippen LogP contribution < -0.4 is 0 Å². The maximum absolute atomic E-state index is 12.0. The smallest absolute Gasteiger partial charge is 0.177 e. The number of rotatable bonds is 5. The van der Waals surface area contributed by atoms with Crippen molar-refractivity contribution in [2.75, 3.05) is 5.75 Å². The number of hydrogen-bond acceptors (Lipinski definition) is 3. The van der Waals surface area contributed by atoms with E-state index in [4.69, 9.17) is 23.2 Å². The Morgan fingerprint density at radius 3 is 2.21 bits per heavy atom. The van der Waals surface area contributed by atoms with Crippen molar-refractivity contribution < 1.29 is 13.2 Å². The standard InChI is InChI=1S/C13H16Cl2O3S/c1-8(2)9(3)19(17,18)7-13(16)10-4-5-11(14)12(15)6-10/h4-6,8-9H,7H2,1-3H3. The van der Waals surface area contributed by atoms with Gasteiger partial charge in [-0.15, -0.1) is 0 Å². The summed E-state index contributed by atoms with van der Waals surface area (Å²) in [6.45, 7) is 5.24. The first-order valence-electron chi connectivity index (χ1n) is 5.85. The molecule has 0 saturated carbocycles. The molecule has 1 aromatic rings. The highest BCUT2D eigenvalue weighted by molar-refractivity contribution is 7.92. The molecule has 1 aromatic carbocycles. The fraction of sp³-hybridized carbons (Fsp3) is 0.462. The van der Waals surface area contributed by atoms with E-state index in [1.807, 2.05) is 13.8 Å². The Kier molecular flexibility index (Phi) is 5.42. The molecule has 106 valence electrons. The molecule has 0 radical (unpaired) electrons. The second-order valence-corrected chi connectivity index (χ2v) is 7.98. The predicted molar refractivity (Wildman–Crippen MR) is 78.9 cm³/mol. The van der Waals surface area contributed by atoms with E-state index in [0.29, 0.717) is 5.02 Å². The first kappa shape index (κ1) is 16.5. The van der Waals surface area contributed by atoms with Crippen molar-refractivity contribution in [3.8, 4) is 0 Å². The lowest BCUT2D eigenvalue weighted by Crippen LogP contribution is -2.29. The van der Waals surface area contributed by atoms with Gasteiger partial charge in [-0.05, 0) is 31.0 Å². The highest BCUT2D eigenvalue weighted by Gasteiger charge is 2.27. The lowest BCUT2D eigenvalue weighted by atomic mass is 10.1. The van der Waals surface area contributed by atoms with E-state index in [9.17, 15) is 13.2 Å². The van der Waals surface area contributed by atoms with Gasteiger partial charge in [-0.2, -0.15) is 0 Å². The van der Waals surface area contributed by atoms with Crippen LogP contribution in [-0.2, 0) is 9.84 Å². The Hall–Kier alpha value is -0.580. The minimum absolute atomic E-state index is 0.0356. The third-order valence-corrected chi connectivity index (χ3v) is 6.16. The average molecular weight is 323 g/mol. The van der Waals surface area contributed by atoms with Crippen molar-refractivity contribution in [1.29, 1.82) is 0 Å². The maximum Gasteiger partial charge on any atom is 0.177 e. The van der Waals surface area contributed by atoms with E-state index < -0.39 is 26.6 Å². The summed E-state index contributed by atoms with van der Waals surface area (Å²) >= 11 is 11.6. The van der Waals surface area contributed by atoms with Gasteiger partial charge in [0, 0.05) is 5.56 Å². The van der Waals surface area contributed by atoms with Crippen molar-refractivity contribution in [1.82, 2.24) is 0 Å². The molecule has 1 rings (SSSR count). The van der Waals surface area contributed by atoms with Gasteiger partial charge in [0.1, 0.15) is 5.75 Å². The molecule has 0 aromatic heterocycles. The average Bonchev–Trinajstić information content (AvgIpc) is 2.30. The lowest BCUT2D eigenvalue weighted by molar-refractivity contribution is 0.102. The molecule has 0 spiro atoms. The Bertz CT molecular complexity index is 580. The van der Waals surface area contributed by atoms with E-state index in [2.05, 4.69) is 0 Å². The zero-order chi connectivity index (χ0) is 14.8. The first-order valence-corrected chi connectivity index (χ1v) is 8.32. The Morgan fingerprint density at radius 2 is 1.74 bits per heavy atom. The van der Waals surface area contributed by atoms with E-state index in [1.165, 1.54) is 18.2 Å². The van der Waals surface area contributed by atoms with Crippen molar-refractivity contribution >= 4 is 38.8 Å². The fourth-order valence-corrected chi connectivity index (χ4v) is 3.40. The van der Waals surface area contributed by atoms with Gasteiger partial charge in [-0.1, -0.05) is 37.0 Å². The minimum atomic E-state index is -3.46. The Labute approximate surface area is 123 Å². The van der Waals surface area contributed by atoms with Gasteiger partial charge in [0.05, 0.1) is 15.3 Å². The van der Waals surface area contributed by atoms with Crippen LogP contribution in [0.1, 0.15) is 31.1 Å². The summed E-state index contributed by atoms with van der Waals surface area (Å²) in [5, 5.41) is 0.0117. The van der Waals surface area contributed by atoms with Crippen LogP contribution in [0.15, 0.2) is 18.2 Å². The van der Waals surface area contributed by atoms with Crippen molar-refractivity contribution in [2.45, 2.75) is 26.0 Å². The zero-order valence-electron chi connectivity index (χ0n) is 11.0. The summed E-state index contributed by atoms with van der Waals surface area (Å²) in [6.07, 6.45) is 0. The molecule has 19 heavy (non-hydrogen) atoms. The molecule has 0 fully saturated rings. The second-order valence-electron chi connectivity index (χ2n) is 4.81. The van der Waals surface area contributed by atoms with Gasteiger partial charge in [0.15, 0.2) is 15.6 Å². The van der Waals surface area contributed by atoms with Crippen molar-refractivity contribution in [2.24, 2.45) is 5.92 Å². The predicted octanol–water partition coefficient (Wildman–Crippen LogP) is 3.64. The van der Waals surface area contributed by atoms with Crippen LogP contribution in [0.25, 0.3) is 0 Å². The second kappa shape index (κ2) is 6.25. The summed E-state index contributed by atoms with van der Waals surface area (Å²) < 4.78 is 24.1. The van der Waals surface area contributed by atoms with Crippen LogP contribution in [0, 0.1) is 5.92 Å². The zero-order valence-corrected chi connectivity index (χ0v) is 13.3. The number of sulfone groups is 1. The molecule has 0 bridgehead atoms. The van der Waals surface area contributed by atoms with Crippen LogP contribution in [0.4, 0.5) is 0 Å². The summed E-state index contributed by atoms with van der Waals surface area (Å²) in [7, 11) is -3.46. The summed E-state index contributed by atoms with van der Waals surface area (Å²) in [4.78, 5) is 12.0. The summed E-state index contributed by atoms with van der Waals surface area (Å²) in [5.74, 6) is -1.01. The van der Waals surface area contributed by atoms with E-state index in [-0.39, 0.29) is 16.5 Å². The number of carbonyl (C=O) groups excluding carboxylic acids is 1. The van der Waals surface area contributed by atoms with Crippen LogP contribution in [0.3, 0.4) is 0 Å². The molecule has 3 nitrogen and oxygen atoms in total. The molecule has 1 atom stereocenters. The number of carbonyl (C=O) groups is 1. The highest BCUT2D eigenvalue weighted by Crippen LogP contribution is 2.23. The van der Waals surface area contributed by atoms with Gasteiger partial charge in [-0.25, -0.2) is 8.42 Å². The van der Waals surface area contributed by atoms with Crippen LogP contribution in [0.2, 0.25) is 10.0 Å². The van der Waals surface area contributed by atoms with E-state index >= 15 is 0 Å². The molecule has 0 aliphatic rings. The topological polar surface area (TPSA) is 51.2 Å². The lowest BCUT2D eigenvalue weighted by Gasteiger charge is -2.15. The van der Waals surface area contributed by atoms with Crippen molar-refractivity contribution in [3.05, 3.63) is 33.8 Å².